The van der Waals surface area contributed by atoms with E-state index in [9.17, 15) is 4.79 Å². The fraction of sp³-hybridized carbons (Fsp3) is 0.588. The van der Waals surface area contributed by atoms with E-state index in [0.29, 0.717) is 6.04 Å². The predicted octanol–water partition coefficient (Wildman–Crippen LogP) is 5.05. The zero-order valence-electron chi connectivity index (χ0n) is 12.6. The summed E-state index contributed by atoms with van der Waals surface area (Å²) < 4.78 is 0. The SMILES string of the molecule is CC[C@H](Sc1ccc(Cl)cc1)C(=O)NC1CCCCCC1. The van der Waals surface area contributed by atoms with Crippen molar-refractivity contribution in [2.75, 3.05) is 0 Å². The van der Waals surface area contributed by atoms with Gasteiger partial charge in [0.1, 0.15) is 0 Å². The second-order valence-corrected chi connectivity index (χ2v) is 7.38. The molecule has 0 unspecified atom stereocenters. The monoisotopic (exact) mass is 325 g/mol. The molecule has 0 aliphatic heterocycles. The molecule has 1 N–H and O–H groups in total. The summed E-state index contributed by atoms with van der Waals surface area (Å²) in [5, 5.41) is 3.97. The van der Waals surface area contributed by atoms with E-state index in [0.717, 1.165) is 29.2 Å². The first-order chi connectivity index (χ1) is 10.2. The fourth-order valence-electron chi connectivity index (χ4n) is 2.72. The van der Waals surface area contributed by atoms with E-state index >= 15 is 0 Å². The van der Waals surface area contributed by atoms with Gasteiger partial charge in [-0.1, -0.05) is 44.2 Å². The summed E-state index contributed by atoms with van der Waals surface area (Å²) in [7, 11) is 0. The number of amides is 1. The van der Waals surface area contributed by atoms with Crippen molar-refractivity contribution in [1.82, 2.24) is 5.32 Å². The molecule has 1 aliphatic carbocycles. The van der Waals surface area contributed by atoms with Crippen LogP contribution < -0.4 is 5.32 Å². The standard InChI is InChI=1S/C17H24ClNOS/c1-2-16(21-15-11-9-13(18)10-12-15)17(20)19-14-7-5-3-4-6-8-14/h9-12,14,16H,2-8H2,1H3,(H,19,20)/t16-/m0/s1. The van der Waals surface area contributed by atoms with E-state index in [-0.39, 0.29) is 11.2 Å². The molecule has 0 radical (unpaired) electrons. The molecule has 21 heavy (non-hydrogen) atoms. The van der Waals surface area contributed by atoms with Gasteiger partial charge in [-0.2, -0.15) is 0 Å². The molecule has 1 fully saturated rings. The van der Waals surface area contributed by atoms with Crippen LogP contribution in [0.25, 0.3) is 0 Å². The molecule has 1 aromatic rings. The molecule has 1 aliphatic rings. The Bertz CT molecular complexity index is 441. The van der Waals surface area contributed by atoms with E-state index in [1.165, 1.54) is 25.7 Å². The van der Waals surface area contributed by atoms with Crippen LogP contribution in [-0.4, -0.2) is 17.2 Å². The van der Waals surface area contributed by atoms with E-state index < -0.39 is 0 Å². The highest BCUT2D eigenvalue weighted by Gasteiger charge is 2.21. The van der Waals surface area contributed by atoms with Crippen molar-refractivity contribution >= 4 is 29.3 Å². The quantitative estimate of drug-likeness (QED) is 0.606. The van der Waals surface area contributed by atoms with E-state index in [1.54, 1.807) is 11.8 Å². The molecule has 116 valence electrons. The zero-order valence-corrected chi connectivity index (χ0v) is 14.2. The van der Waals surface area contributed by atoms with Crippen LogP contribution in [0.15, 0.2) is 29.2 Å². The smallest absolute Gasteiger partial charge is 0.233 e. The second kappa shape index (κ2) is 8.70. The second-order valence-electron chi connectivity index (χ2n) is 5.67. The zero-order chi connectivity index (χ0) is 15.1. The third-order valence-electron chi connectivity index (χ3n) is 3.96. The number of halogens is 1. The van der Waals surface area contributed by atoms with Gasteiger partial charge in [-0.15, -0.1) is 11.8 Å². The predicted molar refractivity (Wildman–Crippen MR) is 91.0 cm³/mol. The number of hydrogen-bond donors (Lipinski definition) is 1. The van der Waals surface area contributed by atoms with Crippen LogP contribution in [-0.2, 0) is 4.79 Å². The average Bonchev–Trinajstić information content (AvgIpc) is 2.75. The normalized spacial score (nSPS) is 18.0. The number of nitrogens with one attached hydrogen (secondary N) is 1. The van der Waals surface area contributed by atoms with Crippen molar-refractivity contribution in [3.05, 3.63) is 29.3 Å². The Morgan fingerprint density at radius 2 is 1.86 bits per heavy atom. The largest absolute Gasteiger partial charge is 0.352 e. The van der Waals surface area contributed by atoms with Gasteiger partial charge in [0, 0.05) is 16.0 Å². The van der Waals surface area contributed by atoms with Crippen molar-refractivity contribution in [2.24, 2.45) is 0 Å². The Morgan fingerprint density at radius 1 is 1.24 bits per heavy atom. The van der Waals surface area contributed by atoms with Gasteiger partial charge in [-0.3, -0.25) is 4.79 Å². The van der Waals surface area contributed by atoms with Crippen LogP contribution in [0.5, 0.6) is 0 Å². The van der Waals surface area contributed by atoms with Gasteiger partial charge >= 0.3 is 0 Å². The molecule has 0 aromatic heterocycles. The fourth-order valence-corrected chi connectivity index (χ4v) is 3.81. The number of benzene rings is 1. The Hall–Kier alpha value is -0.670. The van der Waals surface area contributed by atoms with Crippen LogP contribution in [0.2, 0.25) is 5.02 Å². The Kier molecular flexibility index (Phi) is 6.91. The van der Waals surface area contributed by atoms with Gasteiger partial charge in [0.15, 0.2) is 0 Å². The Labute approximate surface area is 137 Å². The molecule has 0 bridgehead atoms. The minimum absolute atomic E-state index is 0.0190. The molecule has 1 aromatic carbocycles. The van der Waals surface area contributed by atoms with Gasteiger partial charge in [0.2, 0.25) is 5.91 Å². The summed E-state index contributed by atoms with van der Waals surface area (Å²) in [6, 6.07) is 8.09. The van der Waals surface area contributed by atoms with Gasteiger partial charge in [0.25, 0.3) is 0 Å². The minimum atomic E-state index is -0.0190. The molecule has 2 nitrogen and oxygen atoms in total. The van der Waals surface area contributed by atoms with Gasteiger partial charge in [0.05, 0.1) is 5.25 Å². The summed E-state index contributed by atoms with van der Waals surface area (Å²) in [6.07, 6.45) is 8.21. The lowest BCUT2D eigenvalue weighted by Gasteiger charge is -2.20. The Balaban J connectivity index is 1.89. The summed E-state index contributed by atoms with van der Waals surface area (Å²) in [5.74, 6) is 0.185. The molecular weight excluding hydrogens is 302 g/mol. The number of thioether (sulfide) groups is 1. The van der Waals surface area contributed by atoms with Crippen LogP contribution >= 0.6 is 23.4 Å². The average molecular weight is 326 g/mol. The molecule has 1 amide bonds. The lowest BCUT2D eigenvalue weighted by atomic mass is 10.1. The highest BCUT2D eigenvalue weighted by atomic mass is 35.5. The van der Waals surface area contributed by atoms with Crippen molar-refractivity contribution in [3.8, 4) is 0 Å². The molecule has 0 saturated heterocycles. The number of hydrogen-bond acceptors (Lipinski definition) is 2. The number of rotatable bonds is 5. The molecule has 0 spiro atoms. The van der Waals surface area contributed by atoms with Crippen LogP contribution in [0.3, 0.4) is 0 Å². The van der Waals surface area contributed by atoms with Crippen LogP contribution in [0, 0.1) is 0 Å². The molecular formula is C17H24ClNOS. The van der Waals surface area contributed by atoms with E-state index in [4.69, 9.17) is 11.6 Å². The van der Waals surface area contributed by atoms with Crippen molar-refractivity contribution < 1.29 is 4.79 Å². The first kappa shape index (κ1) is 16.7. The highest BCUT2D eigenvalue weighted by Crippen LogP contribution is 2.27. The van der Waals surface area contributed by atoms with Crippen molar-refractivity contribution in [2.45, 2.75) is 68.1 Å². The van der Waals surface area contributed by atoms with E-state index in [2.05, 4.69) is 12.2 Å². The van der Waals surface area contributed by atoms with Crippen molar-refractivity contribution in [1.29, 1.82) is 0 Å². The lowest BCUT2D eigenvalue weighted by molar-refractivity contribution is -0.121. The first-order valence-corrected chi connectivity index (χ1v) is 9.17. The first-order valence-electron chi connectivity index (χ1n) is 7.91. The van der Waals surface area contributed by atoms with Gasteiger partial charge < -0.3 is 5.32 Å². The topological polar surface area (TPSA) is 29.1 Å². The third-order valence-corrected chi connectivity index (χ3v) is 5.58. The van der Waals surface area contributed by atoms with Crippen LogP contribution in [0.1, 0.15) is 51.9 Å². The maximum atomic E-state index is 12.5. The molecule has 0 heterocycles. The third kappa shape index (κ3) is 5.55. The highest BCUT2D eigenvalue weighted by molar-refractivity contribution is 8.00. The molecule has 4 heteroatoms. The van der Waals surface area contributed by atoms with Crippen molar-refractivity contribution in [3.63, 3.8) is 0 Å². The molecule has 2 rings (SSSR count). The lowest BCUT2D eigenvalue weighted by Crippen LogP contribution is -2.39. The minimum Gasteiger partial charge on any atom is -0.352 e. The maximum absolute atomic E-state index is 12.5. The summed E-state index contributed by atoms with van der Waals surface area (Å²) in [4.78, 5) is 13.6. The summed E-state index contributed by atoms with van der Waals surface area (Å²) in [6.45, 7) is 2.07. The summed E-state index contributed by atoms with van der Waals surface area (Å²) >= 11 is 7.53. The Morgan fingerprint density at radius 3 is 2.43 bits per heavy atom. The number of carbonyl (C=O) groups is 1. The number of carbonyl (C=O) groups excluding carboxylic acids is 1. The summed E-state index contributed by atoms with van der Waals surface area (Å²) in [5.41, 5.74) is 0. The molecule has 1 saturated carbocycles. The van der Waals surface area contributed by atoms with Crippen LogP contribution in [0.4, 0.5) is 0 Å². The van der Waals surface area contributed by atoms with Gasteiger partial charge in [-0.25, -0.2) is 0 Å². The molecule has 1 atom stereocenters. The van der Waals surface area contributed by atoms with Gasteiger partial charge in [-0.05, 0) is 43.5 Å². The maximum Gasteiger partial charge on any atom is 0.233 e. The van der Waals surface area contributed by atoms with E-state index in [1.807, 2.05) is 24.3 Å².